The van der Waals surface area contributed by atoms with Crippen molar-refractivity contribution < 1.29 is 0 Å². The van der Waals surface area contributed by atoms with Crippen LogP contribution in [0.2, 0.25) is 0 Å². The number of fused-ring (bicyclic) bond motifs is 1. The second-order valence-electron chi connectivity index (χ2n) is 5.15. The monoisotopic (exact) mass is 315 g/mol. The Balaban J connectivity index is 1.73. The average molecular weight is 316 g/mol. The van der Waals surface area contributed by atoms with Gasteiger partial charge in [-0.05, 0) is 58.5 Å². The fourth-order valence-electron chi connectivity index (χ4n) is 2.90. The minimum Gasteiger partial charge on any atom is -0.384 e. The zero-order valence-electron chi connectivity index (χ0n) is 10.9. The van der Waals surface area contributed by atoms with Gasteiger partial charge < -0.3 is 5.32 Å². The molecule has 19 heavy (non-hydrogen) atoms. The summed E-state index contributed by atoms with van der Waals surface area (Å²) in [5.74, 6) is 0.636. The third-order valence-electron chi connectivity index (χ3n) is 3.91. The third-order valence-corrected chi connectivity index (χ3v) is 4.60. The summed E-state index contributed by atoms with van der Waals surface area (Å²) in [5, 5.41) is 3.58. The Morgan fingerprint density at radius 3 is 2.74 bits per heavy atom. The van der Waals surface area contributed by atoms with Gasteiger partial charge in [0, 0.05) is 22.6 Å². The predicted molar refractivity (Wildman–Crippen MR) is 84.8 cm³/mol. The maximum atomic E-state index is 3.59. The number of hydrogen-bond acceptors (Lipinski definition) is 1. The molecule has 0 aromatic heterocycles. The molecule has 0 amide bonds. The van der Waals surface area contributed by atoms with Crippen LogP contribution < -0.4 is 5.32 Å². The standard InChI is InChI=1S/C17H18BrN/c18-16-10-3-4-11-17(16)19-12-14-8-5-7-13-6-1-2-9-15(13)14/h1-4,6,9-11,14,19H,5,7-8,12H2. The minimum absolute atomic E-state index is 0.636. The Bertz CT molecular complexity index is 565. The highest BCUT2D eigenvalue weighted by Crippen LogP contribution is 2.32. The molecule has 0 heterocycles. The van der Waals surface area contributed by atoms with Gasteiger partial charge in [0.15, 0.2) is 0 Å². The van der Waals surface area contributed by atoms with Gasteiger partial charge in [0.1, 0.15) is 0 Å². The van der Waals surface area contributed by atoms with E-state index in [1.807, 2.05) is 6.07 Å². The van der Waals surface area contributed by atoms with Crippen molar-refractivity contribution in [3.8, 4) is 0 Å². The lowest BCUT2D eigenvalue weighted by molar-refractivity contribution is 0.571. The highest BCUT2D eigenvalue weighted by molar-refractivity contribution is 9.10. The van der Waals surface area contributed by atoms with E-state index in [0.29, 0.717) is 5.92 Å². The number of rotatable bonds is 3. The fraction of sp³-hybridized carbons (Fsp3) is 0.294. The molecule has 2 aromatic carbocycles. The number of para-hydroxylation sites is 1. The van der Waals surface area contributed by atoms with E-state index in [-0.39, 0.29) is 0 Å². The van der Waals surface area contributed by atoms with Gasteiger partial charge in [-0.15, -0.1) is 0 Å². The summed E-state index contributed by atoms with van der Waals surface area (Å²) in [4.78, 5) is 0. The first-order valence-electron chi connectivity index (χ1n) is 6.91. The van der Waals surface area contributed by atoms with Gasteiger partial charge in [0.25, 0.3) is 0 Å². The van der Waals surface area contributed by atoms with Crippen LogP contribution in [-0.4, -0.2) is 6.54 Å². The zero-order valence-corrected chi connectivity index (χ0v) is 12.5. The summed E-state index contributed by atoms with van der Waals surface area (Å²) in [6.45, 7) is 1.01. The molecule has 0 aliphatic heterocycles. The van der Waals surface area contributed by atoms with Gasteiger partial charge in [-0.3, -0.25) is 0 Å². The number of benzene rings is 2. The molecule has 3 rings (SSSR count). The second kappa shape index (κ2) is 5.79. The van der Waals surface area contributed by atoms with E-state index < -0.39 is 0 Å². The quantitative estimate of drug-likeness (QED) is 0.842. The summed E-state index contributed by atoms with van der Waals surface area (Å²) >= 11 is 3.59. The highest BCUT2D eigenvalue weighted by atomic mass is 79.9. The van der Waals surface area contributed by atoms with Gasteiger partial charge >= 0.3 is 0 Å². The SMILES string of the molecule is Brc1ccccc1NCC1CCCc2ccccc21. The highest BCUT2D eigenvalue weighted by Gasteiger charge is 2.19. The summed E-state index contributed by atoms with van der Waals surface area (Å²) in [5.41, 5.74) is 4.26. The molecule has 0 saturated heterocycles. The predicted octanol–water partition coefficient (Wildman–Crippen LogP) is 4.98. The number of aryl methyl sites for hydroxylation is 1. The third kappa shape index (κ3) is 2.84. The molecule has 2 aromatic rings. The molecule has 98 valence electrons. The number of hydrogen-bond donors (Lipinski definition) is 1. The minimum atomic E-state index is 0.636. The van der Waals surface area contributed by atoms with Crippen molar-refractivity contribution in [1.82, 2.24) is 0 Å². The number of halogens is 1. The molecular formula is C17H18BrN. The molecule has 1 nitrogen and oxygen atoms in total. The van der Waals surface area contributed by atoms with Gasteiger partial charge in [-0.2, -0.15) is 0 Å². The summed E-state index contributed by atoms with van der Waals surface area (Å²) in [7, 11) is 0. The van der Waals surface area contributed by atoms with Crippen molar-refractivity contribution >= 4 is 21.6 Å². The van der Waals surface area contributed by atoms with Crippen molar-refractivity contribution in [2.24, 2.45) is 0 Å². The molecule has 1 N–H and O–H groups in total. The van der Waals surface area contributed by atoms with E-state index in [9.17, 15) is 0 Å². The fourth-order valence-corrected chi connectivity index (χ4v) is 3.33. The zero-order chi connectivity index (χ0) is 13.1. The van der Waals surface area contributed by atoms with Gasteiger partial charge in [-0.25, -0.2) is 0 Å². The van der Waals surface area contributed by atoms with Crippen molar-refractivity contribution in [2.75, 3.05) is 11.9 Å². The van der Waals surface area contributed by atoms with Crippen LogP contribution in [-0.2, 0) is 6.42 Å². The molecule has 0 fully saturated rings. The molecule has 0 spiro atoms. The molecule has 1 unspecified atom stereocenters. The normalized spacial score (nSPS) is 17.8. The van der Waals surface area contributed by atoms with Crippen LogP contribution >= 0.6 is 15.9 Å². The van der Waals surface area contributed by atoms with Crippen LogP contribution in [0.15, 0.2) is 53.0 Å². The maximum Gasteiger partial charge on any atom is 0.0484 e. The lowest BCUT2D eigenvalue weighted by Gasteiger charge is -2.26. The van der Waals surface area contributed by atoms with E-state index in [4.69, 9.17) is 0 Å². The molecular weight excluding hydrogens is 298 g/mol. The lowest BCUT2D eigenvalue weighted by Crippen LogP contribution is -2.18. The number of anilines is 1. The van der Waals surface area contributed by atoms with E-state index in [1.165, 1.54) is 36.1 Å². The van der Waals surface area contributed by atoms with E-state index in [1.54, 1.807) is 0 Å². The Kier molecular flexibility index (Phi) is 3.88. The van der Waals surface area contributed by atoms with Gasteiger partial charge in [0.2, 0.25) is 0 Å². The first kappa shape index (κ1) is 12.7. The van der Waals surface area contributed by atoms with Crippen LogP contribution in [0.25, 0.3) is 0 Å². The summed E-state index contributed by atoms with van der Waals surface area (Å²) in [6.07, 6.45) is 3.83. The smallest absolute Gasteiger partial charge is 0.0484 e. The van der Waals surface area contributed by atoms with Crippen molar-refractivity contribution in [3.05, 3.63) is 64.1 Å². The molecule has 1 aliphatic carbocycles. The molecule has 0 saturated carbocycles. The Hall–Kier alpha value is -1.28. The summed E-state index contributed by atoms with van der Waals surface area (Å²) in [6, 6.07) is 17.2. The van der Waals surface area contributed by atoms with E-state index in [0.717, 1.165) is 11.0 Å². The first-order chi connectivity index (χ1) is 9.34. The van der Waals surface area contributed by atoms with Gasteiger partial charge in [-0.1, -0.05) is 36.4 Å². The van der Waals surface area contributed by atoms with Crippen LogP contribution in [0.5, 0.6) is 0 Å². The van der Waals surface area contributed by atoms with Crippen LogP contribution in [0.1, 0.15) is 29.9 Å². The molecule has 1 aliphatic rings. The second-order valence-corrected chi connectivity index (χ2v) is 6.00. The molecule has 0 radical (unpaired) electrons. The average Bonchev–Trinajstić information content (AvgIpc) is 2.46. The van der Waals surface area contributed by atoms with Crippen molar-refractivity contribution in [2.45, 2.75) is 25.2 Å². The molecule has 1 atom stereocenters. The van der Waals surface area contributed by atoms with Crippen molar-refractivity contribution in [3.63, 3.8) is 0 Å². The topological polar surface area (TPSA) is 12.0 Å². The maximum absolute atomic E-state index is 3.59. The Morgan fingerprint density at radius 1 is 1.05 bits per heavy atom. The van der Waals surface area contributed by atoms with E-state index in [2.05, 4.69) is 63.7 Å². The Labute approximate surface area is 123 Å². The van der Waals surface area contributed by atoms with Crippen LogP contribution in [0.4, 0.5) is 5.69 Å². The lowest BCUT2D eigenvalue weighted by atomic mass is 9.83. The molecule has 2 heteroatoms. The van der Waals surface area contributed by atoms with Crippen LogP contribution in [0, 0.1) is 0 Å². The van der Waals surface area contributed by atoms with Crippen LogP contribution in [0.3, 0.4) is 0 Å². The molecule has 0 bridgehead atoms. The Morgan fingerprint density at radius 2 is 1.84 bits per heavy atom. The van der Waals surface area contributed by atoms with E-state index >= 15 is 0 Å². The number of nitrogens with one attached hydrogen (secondary N) is 1. The first-order valence-corrected chi connectivity index (χ1v) is 7.70. The van der Waals surface area contributed by atoms with Crippen molar-refractivity contribution in [1.29, 1.82) is 0 Å². The summed E-state index contributed by atoms with van der Waals surface area (Å²) < 4.78 is 1.14. The van der Waals surface area contributed by atoms with Gasteiger partial charge in [0.05, 0.1) is 0 Å². The largest absolute Gasteiger partial charge is 0.384 e.